The Balaban J connectivity index is 3.26. The summed E-state index contributed by atoms with van der Waals surface area (Å²) in [6.07, 6.45) is 7.04. The van der Waals surface area contributed by atoms with Crippen molar-refractivity contribution in [1.82, 2.24) is 0 Å². The van der Waals surface area contributed by atoms with E-state index in [-0.39, 0.29) is 0 Å². The average molecular weight is 188 g/mol. The van der Waals surface area contributed by atoms with Crippen molar-refractivity contribution in [3.05, 3.63) is 0 Å². The molecule has 0 aliphatic carbocycles. The molecule has 3 atom stereocenters. The van der Waals surface area contributed by atoms with Crippen LogP contribution in [0.25, 0.3) is 0 Å². The lowest BCUT2D eigenvalue weighted by Crippen LogP contribution is -2.00. The van der Waals surface area contributed by atoms with E-state index in [2.05, 4.69) is 27.7 Å². The van der Waals surface area contributed by atoms with Gasteiger partial charge in [-0.05, 0) is 24.2 Å². The molecule has 0 aromatic heterocycles. The third kappa shape index (κ3) is 7.10. The summed E-state index contributed by atoms with van der Waals surface area (Å²) in [6.45, 7) is 9.38. The van der Waals surface area contributed by atoms with E-state index in [1.54, 1.807) is 0 Å². The van der Waals surface area contributed by atoms with E-state index in [4.69, 9.17) is 0 Å². The van der Waals surface area contributed by atoms with Gasteiger partial charge in [0.25, 0.3) is 0 Å². The summed E-state index contributed by atoms with van der Waals surface area (Å²) in [6, 6.07) is 0. The second-order valence-electron chi connectivity index (χ2n) is 3.87. The number of unbranched alkanes of at least 4 members (excludes halogenated alkanes) is 2. The highest BCUT2D eigenvalue weighted by Gasteiger charge is 2.05. The van der Waals surface area contributed by atoms with Gasteiger partial charge in [0, 0.05) is 0 Å². The smallest absolute Gasteiger partial charge is 0.0263 e. The largest absolute Gasteiger partial charge is 0.116 e. The van der Waals surface area contributed by atoms with Crippen molar-refractivity contribution in [3.63, 3.8) is 0 Å². The van der Waals surface area contributed by atoms with Crippen molar-refractivity contribution in [3.8, 4) is 0 Å². The van der Waals surface area contributed by atoms with Crippen LogP contribution in [0, 0.1) is 0 Å². The summed E-state index contributed by atoms with van der Waals surface area (Å²) in [7, 11) is 1.19. The molecule has 3 unspecified atom stereocenters. The van der Waals surface area contributed by atoms with Crippen LogP contribution in [0.1, 0.15) is 59.8 Å². The summed E-state index contributed by atoms with van der Waals surface area (Å²) in [5.74, 6) is 0. The molecular formula is C11H25P. The Morgan fingerprint density at radius 2 is 1.67 bits per heavy atom. The Labute approximate surface area is 80.3 Å². The minimum Gasteiger partial charge on any atom is -0.116 e. The SMILES string of the molecule is CCCCCC(C)PC(C)CC. The quantitative estimate of drug-likeness (QED) is 0.409. The molecular weight excluding hydrogens is 163 g/mol. The molecule has 0 saturated carbocycles. The zero-order chi connectivity index (χ0) is 9.40. The molecule has 0 radical (unpaired) electrons. The van der Waals surface area contributed by atoms with Crippen LogP contribution in [-0.4, -0.2) is 11.3 Å². The second kappa shape index (κ2) is 8.05. The van der Waals surface area contributed by atoms with Gasteiger partial charge in [0.2, 0.25) is 0 Å². The highest BCUT2D eigenvalue weighted by molar-refractivity contribution is 7.39. The molecule has 0 aromatic carbocycles. The van der Waals surface area contributed by atoms with Crippen LogP contribution in [0.4, 0.5) is 0 Å². The van der Waals surface area contributed by atoms with Gasteiger partial charge in [0.05, 0.1) is 0 Å². The van der Waals surface area contributed by atoms with Crippen molar-refractivity contribution >= 4 is 8.58 Å². The molecule has 0 spiro atoms. The average Bonchev–Trinajstić information content (AvgIpc) is 2.05. The Morgan fingerprint density at radius 1 is 1.00 bits per heavy atom. The Bertz CT molecular complexity index is 91.0. The molecule has 0 fully saturated rings. The van der Waals surface area contributed by atoms with Crippen molar-refractivity contribution in [2.75, 3.05) is 0 Å². The summed E-state index contributed by atoms with van der Waals surface area (Å²) < 4.78 is 0. The summed E-state index contributed by atoms with van der Waals surface area (Å²) in [5, 5.41) is 0. The van der Waals surface area contributed by atoms with Gasteiger partial charge in [-0.3, -0.25) is 0 Å². The van der Waals surface area contributed by atoms with Gasteiger partial charge >= 0.3 is 0 Å². The van der Waals surface area contributed by atoms with E-state index >= 15 is 0 Å². The van der Waals surface area contributed by atoms with Gasteiger partial charge in [-0.25, -0.2) is 0 Å². The molecule has 0 amide bonds. The van der Waals surface area contributed by atoms with Crippen LogP contribution >= 0.6 is 8.58 Å². The first kappa shape index (κ1) is 12.4. The maximum Gasteiger partial charge on any atom is -0.0263 e. The second-order valence-corrected chi connectivity index (χ2v) is 6.18. The molecule has 0 N–H and O–H groups in total. The molecule has 0 heterocycles. The Kier molecular flexibility index (Phi) is 8.34. The first-order valence-electron chi connectivity index (χ1n) is 5.46. The predicted octanol–water partition coefficient (Wildman–Crippen LogP) is 4.43. The van der Waals surface area contributed by atoms with Crippen molar-refractivity contribution in [2.45, 2.75) is 71.1 Å². The fourth-order valence-corrected chi connectivity index (χ4v) is 2.97. The van der Waals surface area contributed by atoms with Crippen LogP contribution in [0.15, 0.2) is 0 Å². The minimum absolute atomic E-state index is 0.960. The summed E-state index contributed by atoms with van der Waals surface area (Å²) in [5.41, 5.74) is 1.94. The highest BCUT2D eigenvalue weighted by Crippen LogP contribution is 2.30. The fraction of sp³-hybridized carbons (Fsp3) is 1.00. The zero-order valence-corrected chi connectivity index (χ0v) is 10.2. The lowest BCUT2D eigenvalue weighted by Gasteiger charge is -2.15. The minimum atomic E-state index is 0.960. The highest BCUT2D eigenvalue weighted by atomic mass is 31.1. The van der Waals surface area contributed by atoms with E-state index in [1.807, 2.05) is 0 Å². The molecule has 74 valence electrons. The molecule has 1 heteroatoms. The van der Waals surface area contributed by atoms with E-state index in [9.17, 15) is 0 Å². The first-order chi connectivity index (χ1) is 5.70. The van der Waals surface area contributed by atoms with Crippen LogP contribution in [-0.2, 0) is 0 Å². The lowest BCUT2D eigenvalue weighted by atomic mass is 10.2. The van der Waals surface area contributed by atoms with Gasteiger partial charge < -0.3 is 0 Å². The standard InChI is InChI=1S/C11H25P/c1-5-7-8-9-11(4)12-10(3)6-2/h10-12H,5-9H2,1-4H3. The summed E-state index contributed by atoms with van der Waals surface area (Å²) in [4.78, 5) is 0. The monoisotopic (exact) mass is 188 g/mol. The van der Waals surface area contributed by atoms with Crippen LogP contribution in [0.5, 0.6) is 0 Å². The maximum atomic E-state index is 2.42. The fourth-order valence-electron chi connectivity index (χ4n) is 1.39. The molecule has 0 bridgehead atoms. The van der Waals surface area contributed by atoms with Crippen molar-refractivity contribution < 1.29 is 0 Å². The Hall–Kier alpha value is 0.430. The van der Waals surface area contributed by atoms with E-state index in [1.165, 1.54) is 40.7 Å². The summed E-state index contributed by atoms with van der Waals surface area (Å²) >= 11 is 0. The number of rotatable bonds is 7. The Morgan fingerprint density at radius 3 is 2.17 bits per heavy atom. The van der Waals surface area contributed by atoms with Crippen LogP contribution in [0.3, 0.4) is 0 Å². The zero-order valence-electron chi connectivity index (χ0n) is 9.19. The maximum absolute atomic E-state index is 2.42. The van der Waals surface area contributed by atoms with Gasteiger partial charge in [-0.1, -0.05) is 47.0 Å². The normalized spacial score (nSPS) is 17.0. The number of hydrogen-bond donors (Lipinski definition) is 0. The van der Waals surface area contributed by atoms with Gasteiger partial charge in [0.15, 0.2) is 0 Å². The number of hydrogen-bond acceptors (Lipinski definition) is 0. The van der Waals surface area contributed by atoms with Crippen molar-refractivity contribution in [2.24, 2.45) is 0 Å². The molecule has 0 nitrogen and oxygen atoms in total. The predicted molar refractivity (Wildman–Crippen MR) is 61.7 cm³/mol. The molecule has 12 heavy (non-hydrogen) atoms. The van der Waals surface area contributed by atoms with Crippen LogP contribution in [0.2, 0.25) is 0 Å². The van der Waals surface area contributed by atoms with E-state index in [0.717, 1.165) is 11.3 Å². The van der Waals surface area contributed by atoms with E-state index in [0.29, 0.717) is 0 Å². The van der Waals surface area contributed by atoms with Crippen molar-refractivity contribution in [1.29, 1.82) is 0 Å². The van der Waals surface area contributed by atoms with Gasteiger partial charge in [0.1, 0.15) is 0 Å². The van der Waals surface area contributed by atoms with Gasteiger partial charge in [-0.15, -0.1) is 8.58 Å². The molecule has 0 saturated heterocycles. The van der Waals surface area contributed by atoms with Gasteiger partial charge in [-0.2, -0.15) is 0 Å². The topological polar surface area (TPSA) is 0 Å². The third-order valence-electron chi connectivity index (χ3n) is 2.42. The third-order valence-corrected chi connectivity index (χ3v) is 4.26. The molecule has 0 aromatic rings. The lowest BCUT2D eigenvalue weighted by molar-refractivity contribution is 0.659. The molecule has 0 rings (SSSR count). The van der Waals surface area contributed by atoms with E-state index < -0.39 is 0 Å². The molecule has 0 aliphatic rings. The first-order valence-corrected chi connectivity index (χ1v) is 6.62. The molecule has 0 aliphatic heterocycles. The van der Waals surface area contributed by atoms with Crippen LogP contribution < -0.4 is 0 Å².